The maximum atomic E-state index is 11.6. The smallest absolute Gasteiger partial charge is 0.270 e. The Kier molecular flexibility index (Phi) is 6.42. The standard InChI is InChI=1S/C12H18N4O2/c1-2-13-7-8-15-11(17)9-16-12(18)10-5-3-4-6-14-10/h3-6,13H,2,7-9H2,1H3,(H,15,17)(H,16,18). The van der Waals surface area contributed by atoms with E-state index in [0.717, 1.165) is 13.1 Å². The fourth-order valence-electron chi connectivity index (χ4n) is 1.28. The predicted octanol–water partition coefficient (Wildman–Crippen LogP) is -0.463. The number of amides is 2. The normalized spacial score (nSPS) is 9.83. The quantitative estimate of drug-likeness (QED) is 0.572. The lowest BCUT2D eigenvalue weighted by Crippen LogP contribution is -2.39. The SMILES string of the molecule is CCNCCNC(=O)CNC(=O)c1ccccn1. The Balaban J connectivity index is 2.20. The van der Waals surface area contributed by atoms with E-state index in [1.54, 1.807) is 18.2 Å². The van der Waals surface area contributed by atoms with Gasteiger partial charge in [-0.15, -0.1) is 0 Å². The molecule has 0 saturated heterocycles. The van der Waals surface area contributed by atoms with Crippen molar-refractivity contribution in [2.24, 2.45) is 0 Å². The van der Waals surface area contributed by atoms with Gasteiger partial charge >= 0.3 is 0 Å². The van der Waals surface area contributed by atoms with Crippen LogP contribution in [-0.4, -0.2) is 43.0 Å². The van der Waals surface area contributed by atoms with Crippen molar-refractivity contribution in [3.63, 3.8) is 0 Å². The van der Waals surface area contributed by atoms with E-state index in [1.165, 1.54) is 6.20 Å². The van der Waals surface area contributed by atoms with Crippen LogP contribution in [0.1, 0.15) is 17.4 Å². The van der Waals surface area contributed by atoms with Crippen LogP contribution >= 0.6 is 0 Å². The van der Waals surface area contributed by atoms with E-state index in [-0.39, 0.29) is 18.4 Å². The van der Waals surface area contributed by atoms with Crippen molar-refractivity contribution in [3.8, 4) is 0 Å². The number of hydrogen-bond acceptors (Lipinski definition) is 4. The van der Waals surface area contributed by atoms with E-state index in [0.29, 0.717) is 12.2 Å². The van der Waals surface area contributed by atoms with Crippen molar-refractivity contribution < 1.29 is 9.59 Å². The monoisotopic (exact) mass is 250 g/mol. The topological polar surface area (TPSA) is 83.1 Å². The van der Waals surface area contributed by atoms with Gasteiger partial charge in [0, 0.05) is 19.3 Å². The highest BCUT2D eigenvalue weighted by atomic mass is 16.2. The molecule has 98 valence electrons. The molecule has 0 fully saturated rings. The summed E-state index contributed by atoms with van der Waals surface area (Å²) >= 11 is 0. The number of aromatic nitrogens is 1. The zero-order valence-corrected chi connectivity index (χ0v) is 10.4. The third-order valence-electron chi connectivity index (χ3n) is 2.18. The van der Waals surface area contributed by atoms with Crippen LogP contribution in [0.25, 0.3) is 0 Å². The average Bonchev–Trinajstić information content (AvgIpc) is 2.42. The van der Waals surface area contributed by atoms with Crippen molar-refractivity contribution in [2.45, 2.75) is 6.92 Å². The van der Waals surface area contributed by atoms with Crippen LogP contribution in [0.5, 0.6) is 0 Å². The lowest BCUT2D eigenvalue weighted by molar-refractivity contribution is -0.120. The van der Waals surface area contributed by atoms with Crippen LogP contribution < -0.4 is 16.0 Å². The number of carbonyl (C=O) groups excluding carboxylic acids is 2. The highest BCUT2D eigenvalue weighted by Crippen LogP contribution is 1.91. The number of likely N-dealkylation sites (N-methyl/N-ethyl adjacent to an activating group) is 1. The lowest BCUT2D eigenvalue weighted by atomic mass is 10.3. The summed E-state index contributed by atoms with van der Waals surface area (Å²) in [7, 11) is 0. The van der Waals surface area contributed by atoms with E-state index in [4.69, 9.17) is 0 Å². The number of hydrogen-bond donors (Lipinski definition) is 3. The van der Waals surface area contributed by atoms with E-state index in [1.807, 2.05) is 6.92 Å². The Morgan fingerprint density at radius 3 is 2.72 bits per heavy atom. The summed E-state index contributed by atoms with van der Waals surface area (Å²) in [5, 5.41) is 8.28. The van der Waals surface area contributed by atoms with Crippen LogP contribution in [-0.2, 0) is 4.79 Å². The van der Waals surface area contributed by atoms with Gasteiger partial charge in [0.2, 0.25) is 5.91 Å². The van der Waals surface area contributed by atoms with Gasteiger partial charge < -0.3 is 16.0 Å². The third-order valence-corrected chi connectivity index (χ3v) is 2.18. The second-order valence-electron chi connectivity index (χ2n) is 3.60. The van der Waals surface area contributed by atoms with E-state index < -0.39 is 0 Å². The second-order valence-corrected chi connectivity index (χ2v) is 3.60. The maximum Gasteiger partial charge on any atom is 0.270 e. The molecular formula is C12H18N4O2. The Bertz CT molecular complexity index is 381. The molecule has 0 aliphatic rings. The number of nitrogens with one attached hydrogen (secondary N) is 3. The highest BCUT2D eigenvalue weighted by molar-refractivity contribution is 5.94. The Hall–Kier alpha value is -1.95. The van der Waals surface area contributed by atoms with Gasteiger partial charge in [0.15, 0.2) is 0 Å². The fourth-order valence-corrected chi connectivity index (χ4v) is 1.28. The first-order chi connectivity index (χ1) is 8.74. The van der Waals surface area contributed by atoms with Crippen molar-refractivity contribution in [3.05, 3.63) is 30.1 Å². The maximum absolute atomic E-state index is 11.6. The van der Waals surface area contributed by atoms with Crippen LogP contribution in [0.4, 0.5) is 0 Å². The minimum atomic E-state index is -0.350. The van der Waals surface area contributed by atoms with Gasteiger partial charge in [-0.2, -0.15) is 0 Å². The van der Waals surface area contributed by atoms with Crippen molar-refractivity contribution in [1.82, 2.24) is 20.9 Å². The minimum Gasteiger partial charge on any atom is -0.353 e. The molecule has 1 rings (SSSR count). The minimum absolute atomic E-state index is 0.0401. The molecule has 0 bridgehead atoms. The predicted molar refractivity (Wildman–Crippen MR) is 68.1 cm³/mol. The first-order valence-corrected chi connectivity index (χ1v) is 5.90. The molecule has 6 heteroatoms. The summed E-state index contributed by atoms with van der Waals surface area (Å²) in [4.78, 5) is 26.8. The molecule has 18 heavy (non-hydrogen) atoms. The first kappa shape index (κ1) is 14.1. The summed E-state index contributed by atoms with van der Waals surface area (Å²) in [5.41, 5.74) is 0.304. The number of carbonyl (C=O) groups is 2. The molecule has 3 N–H and O–H groups in total. The van der Waals surface area contributed by atoms with Gasteiger partial charge in [-0.25, -0.2) is 0 Å². The second kappa shape index (κ2) is 8.19. The third kappa shape index (κ3) is 5.40. The molecule has 0 unspecified atom stereocenters. The molecular weight excluding hydrogens is 232 g/mol. The molecule has 1 aromatic rings. The van der Waals surface area contributed by atoms with Crippen molar-refractivity contribution >= 4 is 11.8 Å². The summed E-state index contributed by atoms with van der Waals surface area (Å²) < 4.78 is 0. The van der Waals surface area contributed by atoms with Gasteiger partial charge in [0.05, 0.1) is 6.54 Å². The molecule has 0 radical (unpaired) electrons. The molecule has 0 atom stereocenters. The first-order valence-electron chi connectivity index (χ1n) is 5.90. The largest absolute Gasteiger partial charge is 0.353 e. The number of nitrogens with zero attached hydrogens (tertiary/aromatic N) is 1. The van der Waals surface area contributed by atoms with Crippen LogP contribution in [0.3, 0.4) is 0 Å². The summed E-state index contributed by atoms with van der Waals surface area (Å²) in [6.45, 7) is 4.09. The van der Waals surface area contributed by atoms with Crippen LogP contribution in [0, 0.1) is 0 Å². The van der Waals surface area contributed by atoms with Crippen molar-refractivity contribution in [2.75, 3.05) is 26.2 Å². The fraction of sp³-hybridized carbons (Fsp3) is 0.417. The lowest BCUT2D eigenvalue weighted by Gasteiger charge is -2.06. The molecule has 6 nitrogen and oxygen atoms in total. The Labute approximate surface area is 106 Å². The molecule has 0 spiro atoms. The molecule has 2 amide bonds. The van der Waals surface area contributed by atoms with Gasteiger partial charge in [0.25, 0.3) is 5.91 Å². The summed E-state index contributed by atoms with van der Waals surface area (Å²) in [5.74, 6) is -0.561. The van der Waals surface area contributed by atoms with E-state index >= 15 is 0 Å². The molecule has 0 aliphatic heterocycles. The molecule has 0 saturated carbocycles. The Morgan fingerprint density at radius 2 is 2.06 bits per heavy atom. The average molecular weight is 250 g/mol. The van der Waals surface area contributed by atoms with Gasteiger partial charge in [-0.3, -0.25) is 14.6 Å². The molecule has 0 aromatic carbocycles. The van der Waals surface area contributed by atoms with Gasteiger partial charge in [-0.1, -0.05) is 13.0 Å². The Morgan fingerprint density at radius 1 is 1.22 bits per heavy atom. The van der Waals surface area contributed by atoms with E-state index in [2.05, 4.69) is 20.9 Å². The van der Waals surface area contributed by atoms with E-state index in [9.17, 15) is 9.59 Å². The van der Waals surface area contributed by atoms with Gasteiger partial charge in [-0.05, 0) is 18.7 Å². The number of pyridine rings is 1. The molecule has 1 heterocycles. The zero-order valence-electron chi connectivity index (χ0n) is 10.4. The summed E-state index contributed by atoms with van der Waals surface area (Å²) in [6.07, 6.45) is 1.53. The molecule has 1 aromatic heterocycles. The van der Waals surface area contributed by atoms with Gasteiger partial charge in [0.1, 0.15) is 5.69 Å². The summed E-state index contributed by atoms with van der Waals surface area (Å²) in [6, 6.07) is 5.04. The molecule has 0 aliphatic carbocycles. The zero-order chi connectivity index (χ0) is 13.2. The number of rotatable bonds is 7. The van der Waals surface area contributed by atoms with Crippen LogP contribution in [0.2, 0.25) is 0 Å². The van der Waals surface area contributed by atoms with Crippen LogP contribution in [0.15, 0.2) is 24.4 Å². The van der Waals surface area contributed by atoms with Crippen molar-refractivity contribution in [1.29, 1.82) is 0 Å². The highest BCUT2D eigenvalue weighted by Gasteiger charge is 2.07.